The van der Waals surface area contributed by atoms with Gasteiger partial charge in [0, 0.05) is 27.9 Å². The minimum Gasteiger partial charge on any atom is -0.423 e. The molecule has 40 heavy (non-hydrogen) atoms. The Hall–Kier alpha value is -4.12. The second-order valence-electron chi connectivity index (χ2n) is 12.1. The molecule has 0 amide bonds. The molecular formula is C36H32BNO2. The number of benzene rings is 5. The molecule has 5 aromatic carbocycles. The van der Waals surface area contributed by atoms with Gasteiger partial charge in [-0.15, -0.1) is 0 Å². The molecule has 196 valence electrons. The average Bonchev–Trinajstić information content (AvgIpc) is 3.33. The summed E-state index contributed by atoms with van der Waals surface area (Å²) in [5.41, 5.74) is 13.9. The van der Waals surface area contributed by atoms with Crippen molar-refractivity contribution < 1.29 is 10.0 Å². The van der Waals surface area contributed by atoms with Gasteiger partial charge >= 0.3 is 7.12 Å². The lowest BCUT2D eigenvalue weighted by Gasteiger charge is -2.30. The van der Waals surface area contributed by atoms with E-state index >= 15 is 0 Å². The van der Waals surface area contributed by atoms with Crippen molar-refractivity contribution >= 4 is 29.6 Å². The zero-order valence-corrected chi connectivity index (χ0v) is 23.3. The molecule has 0 aromatic heterocycles. The van der Waals surface area contributed by atoms with Crippen LogP contribution in [0.1, 0.15) is 49.9 Å². The highest BCUT2D eigenvalue weighted by Crippen LogP contribution is 2.52. The third-order valence-corrected chi connectivity index (χ3v) is 9.10. The summed E-state index contributed by atoms with van der Waals surface area (Å²) < 4.78 is 0. The molecule has 0 aliphatic heterocycles. The van der Waals surface area contributed by atoms with E-state index in [1.54, 1.807) is 12.1 Å². The second kappa shape index (κ2) is 8.69. The van der Waals surface area contributed by atoms with Crippen molar-refractivity contribution in [3.05, 3.63) is 131 Å². The van der Waals surface area contributed by atoms with E-state index in [1.165, 1.54) is 44.5 Å². The van der Waals surface area contributed by atoms with Crippen LogP contribution in [0.2, 0.25) is 0 Å². The minimum atomic E-state index is -1.50. The maximum absolute atomic E-state index is 9.73. The fraction of sp³-hybridized carbons (Fsp3) is 0.167. The van der Waals surface area contributed by atoms with Crippen molar-refractivity contribution in [1.82, 2.24) is 0 Å². The summed E-state index contributed by atoms with van der Waals surface area (Å²) in [6.45, 7) is 9.22. The molecule has 0 radical (unpaired) electrons. The predicted molar refractivity (Wildman–Crippen MR) is 166 cm³/mol. The Morgan fingerprint density at radius 1 is 0.475 bits per heavy atom. The van der Waals surface area contributed by atoms with Gasteiger partial charge in [0.2, 0.25) is 0 Å². The van der Waals surface area contributed by atoms with Crippen LogP contribution >= 0.6 is 0 Å². The first-order chi connectivity index (χ1) is 19.2. The molecule has 4 heteroatoms. The van der Waals surface area contributed by atoms with E-state index in [9.17, 15) is 10.0 Å². The van der Waals surface area contributed by atoms with Crippen LogP contribution in [0.4, 0.5) is 17.1 Å². The first-order valence-electron chi connectivity index (χ1n) is 13.9. The third-order valence-electron chi connectivity index (χ3n) is 9.10. The standard InChI is InChI=1S/C36H32BNO2/c1-35(2)31-11-7-5-9-27(31)29-19-17-25(21-33(29)35)38(24-15-13-23(14-16-24)37(39)40)26-18-20-30-28-10-6-8-12-32(28)36(3,4)34(30)22-26/h5-22,39-40H,1-4H3. The van der Waals surface area contributed by atoms with Crippen molar-refractivity contribution in [1.29, 1.82) is 0 Å². The summed E-state index contributed by atoms with van der Waals surface area (Å²) in [6, 6.07) is 38.5. The van der Waals surface area contributed by atoms with E-state index in [-0.39, 0.29) is 10.8 Å². The molecule has 0 unspecified atom stereocenters. The zero-order chi connectivity index (χ0) is 27.8. The summed E-state index contributed by atoms with van der Waals surface area (Å²) in [6.07, 6.45) is 0. The summed E-state index contributed by atoms with van der Waals surface area (Å²) in [5, 5.41) is 19.5. The van der Waals surface area contributed by atoms with Crippen molar-refractivity contribution in [2.24, 2.45) is 0 Å². The zero-order valence-electron chi connectivity index (χ0n) is 23.3. The fourth-order valence-electron chi connectivity index (χ4n) is 6.91. The van der Waals surface area contributed by atoms with Gasteiger partial charge in [-0.1, -0.05) is 100 Å². The monoisotopic (exact) mass is 521 g/mol. The molecule has 0 fully saturated rings. The third kappa shape index (κ3) is 3.53. The van der Waals surface area contributed by atoms with Gasteiger partial charge in [-0.25, -0.2) is 0 Å². The molecule has 2 aliphatic rings. The smallest absolute Gasteiger partial charge is 0.423 e. The van der Waals surface area contributed by atoms with Gasteiger partial charge in [0.05, 0.1) is 0 Å². The van der Waals surface area contributed by atoms with Crippen LogP contribution in [0.5, 0.6) is 0 Å². The average molecular weight is 521 g/mol. The Morgan fingerprint density at radius 2 is 0.875 bits per heavy atom. The molecular weight excluding hydrogens is 489 g/mol. The van der Waals surface area contributed by atoms with E-state index in [0.717, 1.165) is 17.1 Å². The number of fused-ring (bicyclic) bond motifs is 6. The van der Waals surface area contributed by atoms with Crippen molar-refractivity contribution in [3.63, 3.8) is 0 Å². The van der Waals surface area contributed by atoms with Gasteiger partial charge in [-0.2, -0.15) is 0 Å². The number of hydrogen-bond donors (Lipinski definition) is 2. The molecule has 0 spiro atoms. The largest absolute Gasteiger partial charge is 0.488 e. The van der Waals surface area contributed by atoms with E-state index < -0.39 is 7.12 Å². The lowest BCUT2D eigenvalue weighted by Crippen LogP contribution is -2.29. The molecule has 0 saturated heterocycles. The van der Waals surface area contributed by atoms with Crippen molar-refractivity contribution in [2.45, 2.75) is 38.5 Å². The predicted octanol–water partition coefficient (Wildman–Crippen LogP) is 7.45. The van der Waals surface area contributed by atoms with E-state index in [2.05, 4.69) is 118 Å². The minimum absolute atomic E-state index is 0.111. The van der Waals surface area contributed by atoms with Gasteiger partial charge in [-0.3, -0.25) is 0 Å². The molecule has 0 saturated carbocycles. The summed E-state index contributed by atoms with van der Waals surface area (Å²) >= 11 is 0. The highest BCUT2D eigenvalue weighted by atomic mass is 16.4. The number of nitrogens with zero attached hydrogens (tertiary/aromatic N) is 1. The van der Waals surface area contributed by atoms with Crippen molar-refractivity contribution in [2.75, 3.05) is 4.90 Å². The Bertz CT molecular complexity index is 1680. The second-order valence-corrected chi connectivity index (χ2v) is 12.1. The summed E-state index contributed by atoms with van der Waals surface area (Å²) in [5.74, 6) is 0. The highest BCUT2D eigenvalue weighted by molar-refractivity contribution is 6.58. The Morgan fingerprint density at radius 3 is 1.32 bits per heavy atom. The normalized spacial score (nSPS) is 15.2. The van der Waals surface area contributed by atoms with Crippen LogP contribution in [0, 0.1) is 0 Å². The number of hydrogen-bond acceptors (Lipinski definition) is 3. The van der Waals surface area contributed by atoms with Crippen LogP contribution in [0.3, 0.4) is 0 Å². The summed E-state index contributed by atoms with van der Waals surface area (Å²) in [4.78, 5) is 2.28. The quantitative estimate of drug-likeness (QED) is 0.242. The molecule has 0 atom stereocenters. The number of rotatable bonds is 4. The fourth-order valence-corrected chi connectivity index (χ4v) is 6.91. The Kier molecular flexibility index (Phi) is 5.41. The van der Waals surface area contributed by atoms with Gasteiger partial charge in [0.1, 0.15) is 0 Å². The summed E-state index contributed by atoms with van der Waals surface area (Å²) in [7, 11) is -1.50. The lowest BCUT2D eigenvalue weighted by molar-refractivity contribution is 0.426. The van der Waals surface area contributed by atoms with Crippen LogP contribution < -0.4 is 10.4 Å². The Labute approximate surface area is 236 Å². The van der Waals surface area contributed by atoms with Crippen LogP contribution in [0.25, 0.3) is 22.3 Å². The van der Waals surface area contributed by atoms with Gasteiger partial charge in [-0.05, 0) is 86.4 Å². The maximum Gasteiger partial charge on any atom is 0.488 e. The molecule has 0 heterocycles. The molecule has 5 aromatic rings. The van der Waals surface area contributed by atoms with Gasteiger partial charge < -0.3 is 14.9 Å². The highest BCUT2D eigenvalue weighted by Gasteiger charge is 2.37. The lowest BCUT2D eigenvalue weighted by atomic mass is 9.80. The van der Waals surface area contributed by atoms with Crippen LogP contribution in [-0.4, -0.2) is 17.2 Å². The molecule has 2 N–H and O–H groups in total. The molecule has 0 bridgehead atoms. The van der Waals surface area contributed by atoms with E-state index in [0.29, 0.717) is 5.46 Å². The van der Waals surface area contributed by atoms with Crippen LogP contribution in [0.15, 0.2) is 109 Å². The first-order valence-corrected chi connectivity index (χ1v) is 13.9. The van der Waals surface area contributed by atoms with Gasteiger partial charge in [0.15, 0.2) is 0 Å². The van der Waals surface area contributed by atoms with Gasteiger partial charge in [0.25, 0.3) is 0 Å². The Balaban J connectivity index is 1.41. The van der Waals surface area contributed by atoms with Crippen LogP contribution in [-0.2, 0) is 10.8 Å². The molecule has 3 nitrogen and oxygen atoms in total. The number of anilines is 3. The molecule has 2 aliphatic carbocycles. The maximum atomic E-state index is 9.73. The first kappa shape index (κ1) is 24.9. The van der Waals surface area contributed by atoms with E-state index in [4.69, 9.17) is 0 Å². The SMILES string of the molecule is CC1(C)c2ccccc2-c2ccc(N(c3ccc(B(O)O)cc3)c3ccc4c(c3)C(C)(C)c3ccccc3-4)cc21. The van der Waals surface area contributed by atoms with E-state index in [1.807, 2.05) is 12.1 Å². The molecule has 7 rings (SSSR count). The topological polar surface area (TPSA) is 43.7 Å². The van der Waals surface area contributed by atoms with Crippen molar-refractivity contribution in [3.8, 4) is 22.3 Å².